The van der Waals surface area contributed by atoms with Gasteiger partial charge in [-0.1, -0.05) is 27.5 Å². The number of nitrogens with two attached hydrogens (primary N) is 1. The Hall–Kier alpha value is -0.120. The second-order valence-corrected chi connectivity index (χ2v) is 4.26. The molecule has 0 aliphatic carbocycles. The first-order valence-corrected chi connectivity index (χ1v) is 5.07. The van der Waals surface area contributed by atoms with Crippen LogP contribution < -0.4 is 5.73 Å². The van der Waals surface area contributed by atoms with Crippen molar-refractivity contribution in [3.8, 4) is 0 Å². The fourth-order valence-corrected chi connectivity index (χ4v) is 1.72. The van der Waals surface area contributed by atoms with Crippen LogP contribution in [0.25, 0.3) is 0 Å². The molecule has 4 heteroatoms. The highest BCUT2D eigenvalue weighted by molar-refractivity contribution is 9.10. The van der Waals surface area contributed by atoms with Gasteiger partial charge in [-0.25, -0.2) is 4.39 Å². The number of hydrogen-bond donors (Lipinski definition) is 1. The van der Waals surface area contributed by atoms with Crippen LogP contribution in [0.2, 0.25) is 5.02 Å². The third-order valence-corrected chi connectivity index (χ3v) is 2.70. The predicted octanol–water partition coefficient (Wildman–Crippen LogP) is 3.13. The maximum atomic E-state index is 13.4. The van der Waals surface area contributed by atoms with E-state index in [1.807, 2.05) is 6.92 Å². The minimum absolute atomic E-state index is 0.0794. The monoisotopic (exact) mass is 265 g/mol. The summed E-state index contributed by atoms with van der Waals surface area (Å²) < 4.78 is 14.1. The minimum Gasteiger partial charge on any atom is -0.328 e. The Labute approximate surface area is 90.2 Å². The molecule has 1 atom stereocenters. The normalized spacial score (nSPS) is 13.0. The van der Waals surface area contributed by atoms with Gasteiger partial charge in [-0.15, -0.1) is 0 Å². The average molecular weight is 267 g/mol. The van der Waals surface area contributed by atoms with Crippen molar-refractivity contribution in [2.24, 2.45) is 5.73 Å². The summed E-state index contributed by atoms with van der Waals surface area (Å²) in [5, 5.41) is 0.138. The van der Waals surface area contributed by atoms with Crippen LogP contribution >= 0.6 is 27.5 Å². The first kappa shape index (κ1) is 11.0. The molecule has 0 spiro atoms. The molecule has 0 aromatic heterocycles. The molecular formula is C9H10BrClFN. The van der Waals surface area contributed by atoms with Gasteiger partial charge in [0, 0.05) is 16.1 Å². The maximum absolute atomic E-state index is 13.4. The van der Waals surface area contributed by atoms with Crippen LogP contribution in [0.1, 0.15) is 12.5 Å². The second kappa shape index (κ2) is 4.40. The summed E-state index contributed by atoms with van der Waals surface area (Å²) in [5.41, 5.74) is 6.13. The summed E-state index contributed by atoms with van der Waals surface area (Å²) >= 11 is 8.89. The molecule has 0 heterocycles. The molecule has 0 saturated carbocycles. The van der Waals surface area contributed by atoms with Crippen molar-refractivity contribution < 1.29 is 4.39 Å². The van der Waals surface area contributed by atoms with E-state index in [0.717, 1.165) is 0 Å². The first-order valence-electron chi connectivity index (χ1n) is 3.90. The Balaban J connectivity index is 3.10. The molecule has 1 aromatic carbocycles. The Morgan fingerprint density at radius 2 is 2.23 bits per heavy atom. The van der Waals surface area contributed by atoms with Gasteiger partial charge in [-0.05, 0) is 25.5 Å². The fourth-order valence-electron chi connectivity index (χ4n) is 1.08. The Bertz CT molecular complexity index is 315. The molecule has 0 saturated heterocycles. The van der Waals surface area contributed by atoms with E-state index in [1.54, 1.807) is 6.07 Å². The van der Waals surface area contributed by atoms with Gasteiger partial charge in [-0.3, -0.25) is 0 Å². The quantitative estimate of drug-likeness (QED) is 0.818. The lowest BCUT2D eigenvalue weighted by atomic mass is 10.1. The van der Waals surface area contributed by atoms with Gasteiger partial charge in [0.2, 0.25) is 0 Å². The molecule has 0 amide bonds. The Morgan fingerprint density at radius 1 is 1.62 bits per heavy atom. The zero-order valence-electron chi connectivity index (χ0n) is 7.15. The van der Waals surface area contributed by atoms with Gasteiger partial charge in [0.25, 0.3) is 0 Å². The minimum atomic E-state index is -0.381. The van der Waals surface area contributed by atoms with Crippen LogP contribution in [0.15, 0.2) is 16.6 Å². The molecule has 1 aromatic rings. The summed E-state index contributed by atoms with van der Waals surface area (Å²) in [6.45, 7) is 1.83. The zero-order chi connectivity index (χ0) is 10.0. The largest absolute Gasteiger partial charge is 0.328 e. The highest BCUT2D eigenvalue weighted by Crippen LogP contribution is 2.26. The molecule has 72 valence electrons. The fraction of sp³-hybridized carbons (Fsp3) is 0.333. The number of benzene rings is 1. The van der Waals surface area contributed by atoms with E-state index < -0.39 is 0 Å². The van der Waals surface area contributed by atoms with Crippen molar-refractivity contribution in [2.45, 2.75) is 19.4 Å². The predicted molar refractivity (Wildman–Crippen MR) is 56.5 cm³/mol. The van der Waals surface area contributed by atoms with Crippen molar-refractivity contribution >= 4 is 27.5 Å². The molecule has 1 rings (SSSR count). The third-order valence-electron chi connectivity index (χ3n) is 1.67. The molecular weight excluding hydrogens is 256 g/mol. The van der Waals surface area contributed by atoms with Crippen LogP contribution in [-0.4, -0.2) is 6.04 Å². The summed E-state index contributed by atoms with van der Waals surface area (Å²) in [4.78, 5) is 0. The van der Waals surface area contributed by atoms with E-state index in [-0.39, 0.29) is 16.9 Å². The SMILES string of the molecule is C[C@@H](N)Cc1c(Br)ccc(Cl)c1F. The second-order valence-electron chi connectivity index (χ2n) is 3.00. The van der Waals surface area contributed by atoms with Crippen molar-refractivity contribution in [1.29, 1.82) is 0 Å². The van der Waals surface area contributed by atoms with Crippen LogP contribution in [0.4, 0.5) is 4.39 Å². The Kier molecular flexibility index (Phi) is 3.71. The highest BCUT2D eigenvalue weighted by Gasteiger charge is 2.11. The lowest BCUT2D eigenvalue weighted by Gasteiger charge is -2.09. The topological polar surface area (TPSA) is 26.0 Å². The third kappa shape index (κ3) is 2.66. The summed E-state index contributed by atoms with van der Waals surface area (Å²) in [5.74, 6) is -0.381. The first-order chi connectivity index (χ1) is 6.02. The molecule has 0 aliphatic heterocycles. The van der Waals surface area contributed by atoms with Crippen LogP contribution in [-0.2, 0) is 6.42 Å². The van der Waals surface area contributed by atoms with Gasteiger partial charge in [0.05, 0.1) is 5.02 Å². The molecule has 0 bridgehead atoms. The molecule has 0 unspecified atom stereocenters. The summed E-state index contributed by atoms with van der Waals surface area (Å²) in [6, 6.07) is 3.17. The van der Waals surface area contributed by atoms with Crippen LogP contribution in [0.5, 0.6) is 0 Å². The molecule has 2 N–H and O–H groups in total. The van der Waals surface area contributed by atoms with Crippen LogP contribution in [0, 0.1) is 5.82 Å². The molecule has 0 fully saturated rings. The lowest BCUT2D eigenvalue weighted by molar-refractivity contribution is 0.594. The Morgan fingerprint density at radius 3 is 2.77 bits per heavy atom. The van der Waals surface area contributed by atoms with Crippen molar-refractivity contribution in [2.75, 3.05) is 0 Å². The lowest BCUT2D eigenvalue weighted by Crippen LogP contribution is -2.18. The van der Waals surface area contributed by atoms with Gasteiger partial charge in [0.1, 0.15) is 5.82 Å². The number of hydrogen-bond acceptors (Lipinski definition) is 1. The summed E-state index contributed by atoms with van der Waals surface area (Å²) in [6.07, 6.45) is 0.479. The van der Waals surface area contributed by atoms with Crippen LogP contribution in [0.3, 0.4) is 0 Å². The highest BCUT2D eigenvalue weighted by atomic mass is 79.9. The molecule has 0 aliphatic rings. The zero-order valence-corrected chi connectivity index (χ0v) is 9.49. The standard InChI is InChI=1S/C9H10BrClFN/c1-5(13)4-6-7(10)2-3-8(11)9(6)12/h2-3,5H,4,13H2,1H3/t5-/m1/s1. The van der Waals surface area contributed by atoms with Gasteiger partial charge >= 0.3 is 0 Å². The maximum Gasteiger partial charge on any atom is 0.146 e. The van der Waals surface area contributed by atoms with Crippen molar-refractivity contribution in [1.82, 2.24) is 0 Å². The molecule has 0 radical (unpaired) electrons. The van der Waals surface area contributed by atoms with E-state index in [2.05, 4.69) is 15.9 Å². The summed E-state index contributed by atoms with van der Waals surface area (Å²) in [7, 11) is 0. The van der Waals surface area contributed by atoms with Crippen molar-refractivity contribution in [3.63, 3.8) is 0 Å². The smallest absolute Gasteiger partial charge is 0.146 e. The van der Waals surface area contributed by atoms with E-state index >= 15 is 0 Å². The number of halogens is 3. The van der Waals surface area contributed by atoms with E-state index in [4.69, 9.17) is 17.3 Å². The van der Waals surface area contributed by atoms with Gasteiger partial charge < -0.3 is 5.73 Å². The van der Waals surface area contributed by atoms with Crippen molar-refractivity contribution in [3.05, 3.63) is 33.0 Å². The molecule has 13 heavy (non-hydrogen) atoms. The average Bonchev–Trinajstić information content (AvgIpc) is 2.05. The van der Waals surface area contributed by atoms with Gasteiger partial charge in [-0.2, -0.15) is 0 Å². The van der Waals surface area contributed by atoms with E-state index in [9.17, 15) is 4.39 Å². The van der Waals surface area contributed by atoms with E-state index in [1.165, 1.54) is 6.07 Å². The number of rotatable bonds is 2. The van der Waals surface area contributed by atoms with E-state index in [0.29, 0.717) is 16.5 Å². The molecule has 1 nitrogen and oxygen atoms in total. The van der Waals surface area contributed by atoms with Gasteiger partial charge in [0.15, 0.2) is 0 Å².